The van der Waals surface area contributed by atoms with E-state index >= 15 is 0 Å². The van der Waals surface area contributed by atoms with E-state index in [-0.39, 0.29) is 0 Å². The van der Waals surface area contributed by atoms with Gasteiger partial charge in [0, 0.05) is 50.8 Å². The van der Waals surface area contributed by atoms with Gasteiger partial charge in [-0.15, -0.1) is 0 Å². The van der Waals surface area contributed by atoms with E-state index in [0.29, 0.717) is 17.5 Å². The maximum absolute atomic E-state index is 5.13. The molecule has 0 saturated heterocycles. The van der Waals surface area contributed by atoms with Crippen molar-refractivity contribution in [1.82, 2.24) is 15.0 Å². The van der Waals surface area contributed by atoms with Crippen LogP contribution < -0.4 is 9.80 Å². The van der Waals surface area contributed by atoms with Crippen molar-refractivity contribution < 1.29 is 0 Å². The van der Waals surface area contributed by atoms with Crippen LogP contribution >= 0.6 is 0 Å². The van der Waals surface area contributed by atoms with Crippen LogP contribution in [0.4, 0.5) is 34.1 Å². The highest BCUT2D eigenvalue weighted by Gasteiger charge is 2.17. The molecule has 0 saturated carbocycles. The Bertz CT molecular complexity index is 3810. The minimum absolute atomic E-state index is 0.612. The zero-order valence-corrected chi connectivity index (χ0v) is 43.8. The lowest BCUT2D eigenvalue weighted by Gasteiger charge is -2.25. The van der Waals surface area contributed by atoms with E-state index in [1.54, 1.807) is 0 Å². The van der Waals surface area contributed by atoms with E-state index < -0.39 is 0 Å². The second-order valence-corrected chi connectivity index (χ2v) is 19.7. The average molecular weight is 1020 g/mol. The molecule has 0 unspecified atom stereocenters. The highest BCUT2D eigenvalue weighted by Crippen LogP contribution is 2.38. The van der Waals surface area contributed by atoms with Crippen molar-refractivity contribution >= 4 is 34.1 Å². The van der Waals surface area contributed by atoms with Crippen LogP contribution in [0.1, 0.15) is 0 Å². The van der Waals surface area contributed by atoms with Crippen LogP contribution in [0.2, 0.25) is 0 Å². The number of para-hydroxylation sites is 4. The number of aromatic nitrogens is 3. The number of rotatable bonds is 14. The summed E-state index contributed by atoms with van der Waals surface area (Å²) in [6.07, 6.45) is 0. The molecule has 378 valence electrons. The number of hydrogen-bond donors (Lipinski definition) is 0. The molecule has 0 N–H and O–H groups in total. The van der Waals surface area contributed by atoms with Gasteiger partial charge in [0.15, 0.2) is 17.5 Å². The molecule has 12 aromatic carbocycles. The van der Waals surface area contributed by atoms with E-state index in [2.05, 4.69) is 325 Å². The molecule has 0 aliphatic carbocycles. The second kappa shape index (κ2) is 22.5. The van der Waals surface area contributed by atoms with Gasteiger partial charge < -0.3 is 9.80 Å². The summed E-state index contributed by atoms with van der Waals surface area (Å²) in [5.41, 5.74) is 20.8. The third-order valence-corrected chi connectivity index (χ3v) is 14.6. The van der Waals surface area contributed by atoms with Gasteiger partial charge in [-0.2, -0.15) is 0 Å². The van der Waals surface area contributed by atoms with Crippen molar-refractivity contribution in [3.05, 3.63) is 322 Å². The van der Waals surface area contributed by atoms with Gasteiger partial charge in [-0.1, -0.05) is 249 Å². The Labute approximate surface area is 467 Å². The predicted octanol–water partition coefficient (Wildman–Crippen LogP) is 20.1. The van der Waals surface area contributed by atoms with Crippen LogP contribution in [0.25, 0.3) is 89.8 Å². The lowest BCUT2D eigenvalue weighted by Crippen LogP contribution is -2.09. The Kier molecular flexibility index (Phi) is 13.7. The van der Waals surface area contributed by atoms with Gasteiger partial charge >= 0.3 is 0 Å². The fourth-order valence-corrected chi connectivity index (χ4v) is 10.3. The number of benzene rings is 12. The average Bonchev–Trinajstić information content (AvgIpc) is 3.55. The molecule has 0 bridgehead atoms. The van der Waals surface area contributed by atoms with E-state index in [1.807, 2.05) is 6.07 Å². The van der Waals surface area contributed by atoms with Crippen molar-refractivity contribution in [2.75, 3.05) is 9.80 Å². The van der Waals surface area contributed by atoms with Crippen molar-refractivity contribution in [3.8, 4) is 89.8 Å². The highest BCUT2D eigenvalue weighted by molar-refractivity contribution is 5.82. The van der Waals surface area contributed by atoms with Crippen molar-refractivity contribution in [2.45, 2.75) is 0 Å². The van der Waals surface area contributed by atoms with E-state index in [4.69, 9.17) is 15.0 Å². The molecule has 0 atom stereocenters. The Morgan fingerprint density at radius 2 is 0.287 bits per heavy atom. The van der Waals surface area contributed by atoms with Crippen LogP contribution in [-0.2, 0) is 0 Å². The van der Waals surface area contributed by atoms with Crippen molar-refractivity contribution in [2.24, 2.45) is 0 Å². The minimum Gasteiger partial charge on any atom is -0.311 e. The van der Waals surface area contributed by atoms with Gasteiger partial charge in [0.1, 0.15) is 0 Å². The van der Waals surface area contributed by atoms with E-state index in [0.717, 1.165) is 106 Å². The molecular formula is C75H53N5. The summed E-state index contributed by atoms with van der Waals surface area (Å²) in [5, 5.41) is 0. The van der Waals surface area contributed by atoms with Crippen LogP contribution in [0, 0.1) is 0 Å². The Morgan fingerprint density at radius 3 is 0.500 bits per heavy atom. The van der Waals surface area contributed by atoms with Gasteiger partial charge in [-0.25, -0.2) is 15.0 Å². The largest absolute Gasteiger partial charge is 0.311 e. The molecule has 0 spiro atoms. The van der Waals surface area contributed by atoms with Gasteiger partial charge in [0.25, 0.3) is 0 Å². The summed E-state index contributed by atoms with van der Waals surface area (Å²) < 4.78 is 0. The number of nitrogens with zero attached hydrogens (tertiary/aromatic N) is 5. The topological polar surface area (TPSA) is 45.2 Å². The normalized spacial score (nSPS) is 11.0. The number of hydrogen-bond acceptors (Lipinski definition) is 5. The molecule has 0 aliphatic rings. The summed E-state index contributed by atoms with van der Waals surface area (Å²) in [5.74, 6) is 1.84. The molecule has 13 rings (SSSR count). The van der Waals surface area contributed by atoms with Crippen LogP contribution in [0.15, 0.2) is 322 Å². The Morgan fingerprint density at radius 1 is 0.138 bits per heavy atom. The molecule has 0 radical (unpaired) electrons. The first kappa shape index (κ1) is 48.9. The summed E-state index contributed by atoms with van der Waals surface area (Å²) in [6.45, 7) is 0. The molecule has 0 fully saturated rings. The third kappa shape index (κ3) is 10.6. The van der Waals surface area contributed by atoms with Crippen LogP contribution in [0.3, 0.4) is 0 Å². The maximum atomic E-state index is 5.13. The zero-order valence-electron chi connectivity index (χ0n) is 43.8. The van der Waals surface area contributed by atoms with E-state index in [9.17, 15) is 0 Å². The van der Waals surface area contributed by atoms with Gasteiger partial charge in [-0.3, -0.25) is 0 Å². The van der Waals surface area contributed by atoms with Gasteiger partial charge in [0.2, 0.25) is 0 Å². The Balaban J connectivity index is 0.747. The lowest BCUT2D eigenvalue weighted by molar-refractivity contribution is 1.07. The lowest BCUT2D eigenvalue weighted by atomic mass is 9.99. The minimum atomic E-state index is 0.612. The third-order valence-electron chi connectivity index (χ3n) is 14.6. The summed E-state index contributed by atoms with van der Waals surface area (Å²) in [6, 6.07) is 113. The van der Waals surface area contributed by atoms with Crippen LogP contribution in [0.5, 0.6) is 0 Å². The van der Waals surface area contributed by atoms with Crippen molar-refractivity contribution in [1.29, 1.82) is 0 Å². The second-order valence-electron chi connectivity index (χ2n) is 19.7. The smallest absolute Gasteiger partial charge is 0.164 e. The molecule has 5 nitrogen and oxygen atoms in total. The Hall–Kier alpha value is -10.8. The first-order chi connectivity index (χ1) is 39.6. The number of anilines is 6. The molecule has 5 heteroatoms. The first-order valence-electron chi connectivity index (χ1n) is 27.0. The molecule has 1 aromatic heterocycles. The summed E-state index contributed by atoms with van der Waals surface area (Å²) in [4.78, 5) is 19.9. The fraction of sp³-hybridized carbons (Fsp3) is 0. The fourth-order valence-electron chi connectivity index (χ4n) is 10.3. The van der Waals surface area contributed by atoms with Gasteiger partial charge in [-0.05, 0) is 128 Å². The molecule has 1 heterocycles. The van der Waals surface area contributed by atoms with Crippen molar-refractivity contribution in [3.63, 3.8) is 0 Å². The summed E-state index contributed by atoms with van der Waals surface area (Å²) in [7, 11) is 0. The SMILES string of the molecule is c1ccc(-c2ccc(-c3nc(-c4ccc(-c5ccc(-c6ccc(N(c7ccccc7)c7ccccc7)cc6)cc5)cc4)nc(-c4ccc(-c5ccc(-c6ccc(N(c7ccccc7)c7ccccc7)cc6)cc5)cc4)n3)cc2)cc1. The highest BCUT2D eigenvalue weighted by atomic mass is 15.1. The predicted molar refractivity (Wildman–Crippen MR) is 333 cm³/mol. The molecule has 80 heavy (non-hydrogen) atoms. The van der Waals surface area contributed by atoms with Gasteiger partial charge in [0.05, 0.1) is 0 Å². The monoisotopic (exact) mass is 1020 g/mol. The maximum Gasteiger partial charge on any atom is 0.164 e. The molecule has 0 amide bonds. The standard InChI is InChI=1S/C75H53N5/c1-6-16-54(17-7-1)55-34-40-64(41-35-55)73-76-74(65-42-36-60(37-43-65)56-26-30-58(31-27-56)62-46-50-71(51-47-62)79(67-18-8-2-9-19-67)68-20-10-3-11-21-68)78-75(77-73)66-44-38-61(39-45-66)57-28-32-59(33-29-57)63-48-52-72(53-49-63)80(69-22-12-4-13-23-69)70-24-14-5-15-25-70/h1-53H. The molecular weight excluding hydrogens is 971 g/mol. The summed E-state index contributed by atoms with van der Waals surface area (Å²) >= 11 is 0. The zero-order chi connectivity index (χ0) is 53.5. The quantitative estimate of drug-likeness (QED) is 0.109. The van der Waals surface area contributed by atoms with Crippen LogP contribution in [-0.4, -0.2) is 15.0 Å². The van der Waals surface area contributed by atoms with E-state index in [1.165, 1.54) is 0 Å². The first-order valence-corrected chi connectivity index (χ1v) is 27.0. The molecule has 0 aliphatic heterocycles. The molecule has 13 aromatic rings.